The lowest BCUT2D eigenvalue weighted by Crippen LogP contribution is -2.40. The number of benzene rings is 2. The van der Waals surface area contributed by atoms with Crippen LogP contribution in [-0.4, -0.2) is 17.6 Å². The molecule has 142 valence electrons. The van der Waals surface area contributed by atoms with Gasteiger partial charge in [0.25, 0.3) is 0 Å². The van der Waals surface area contributed by atoms with Crippen LogP contribution >= 0.6 is 23.2 Å². The van der Waals surface area contributed by atoms with E-state index in [2.05, 4.69) is 15.3 Å². The molecular formula is C20H14Cl2N2O4. The second kappa shape index (κ2) is 6.22. The summed E-state index contributed by atoms with van der Waals surface area (Å²) >= 11 is 12.8. The quantitative estimate of drug-likeness (QED) is 0.728. The van der Waals surface area contributed by atoms with E-state index < -0.39 is 11.4 Å². The van der Waals surface area contributed by atoms with Gasteiger partial charge in [0.05, 0.1) is 27.6 Å². The fraction of sp³-hybridized carbons (Fsp3) is 0.250. The summed E-state index contributed by atoms with van der Waals surface area (Å²) in [6.07, 6.45) is 2.79. The monoisotopic (exact) mass is 416 g/mol. The van der Waals surface area contributed by atoms with Gasteiger partial charge in [-0.1, -0.05) is 34.8 Å². The van der Waals surface area contributed by atoms with Gasteiger partial charge in [0.2, 0.25) is 5.91 Å². The van der Waals surface area contributed by atoms with E-state index in [1.807, 2.05) is 12.1 Å². The standard InChI is InChI=1S/C20H14Cl2N2O4/c21-13-6-10(16-9-17(25)28-24-16)7-14(22)18(13)27-11-2-3-15-12(8-11)20(4-1-5-20)19(26)23-15/h2-3,6-8H,1,4-5,9H2,(H,23,26). The van der Waals surface area contributed by atoms with E-state index >= 15 is 0 Å². The van der Waals surface area contributed by atoms with E-state index in [1.165, 1.54) is 0 Å². The Bertz CT molecular complexity index is 1050. The van der Waals surface area contributed by atoms with Crippen molar-refractivity contribution >= 4 is 46.5 Å². The maximum atomic E-state index is 12.4. The first-order valence-electron chi connectivity index (χ1n) is 8.86. The number of halogens is 2. The van der Waals surface area contributed by atoms with Crippen LogP contribution in [0, 0.1) is 0 Å². The fourth-order valence-corrected chi connectivity index (χ4v) is 4.45. The lowest BCUT2D eigenvalue weighted by molar-refractivity contribution is -0.140. The lowest BCUT2D eigenvalue weighted by atomic mass is 9.65. The van der Waals surface area contributed by atoms with Gasteiger partial charge < -0.3 is 14.9 Å². The maximum Gasteiger partial charge on any atom is 0.341 e. The Morgan fingerprint density at radius 1 is 1.11 bits per heavy atom. The third-order valence-corrected chi connectivity index (χ3v) is 6.08. The number of nitrogens with zero attached hydrogens (tertiary/aromatic N) is 1. The molecule has 2 aromatic rings. The number of carbonyl (C=O) groups excluding carboxylic acids is 2. The zero-order chi connectivity index (χ0) is 19.5. The molecule has 1 spiro atoms. The maximum absolute atomic E-state index is 12.4. The molecule has 1 N–H and O–H groups in total. The Balaban J connectivity index is 1.46. The number of hydrogen-bond donors (Lipinski definition) is 1. The van der Waals surface area contributed by atoms with Crippen molar-refractivity contribution in [1.29, 1.82) is 0 Å². The first-order chi connectivity index (χ1) is 13.5. The molecule has 0 saturated heterocycles. The van der Waals surface area contributed by atoms with Crippen LogP contribution in [-0.2, 0) is 19.8 Å². The molecule has 6 nitrogen and oxygen atoms in total. The Morgan fingerprint density at radius 3 is 2.46 bits per heavy atom. The molecule has 2 heterocycles. The predicted octanol–water partition coefficient (Wildman–Crippen LogP) is 4.81. The molecule has 0 bridgehead atoms. The average molecular weight is 417 g/mol. The van der Waals surface area contributed by atoms with Crippen LogP contribution < -0.4 is 10.1 Å². The highest BCUT2D eigenvalue weighted by Gasteiger charge is 2.51. The summed E-state index contributed by atoms with van der Waals surface area (Å²) in [7, 11) is 0. The number of amides is 1. The molecule has 0 atom stereocenters. The lowest BCUT2D eigenvalue weighted by Gasteiger charge is -2.36. The van der Waals surface area contributed by atoms with Gasteiger partial charge in [0, 0.05) is 11.3 Å². The summed E-state index contributed by atoms with van der Waals surface area (Å²) in [6.45, 7) is 0. The highest BCUT2D eigenvalue weighted by atomic mass is 35.5. The Labute approximate surface area is 170 Å². The van der Waals surface area contributed by atoms with Crippen molar-refractivity contribution in [3.63, 3.8) is 0 Å². The van der Waals surface area contributed by atoms with Gasteiger partial charge in [0.1, 0.15) is 5.75 Å². The topological polar surface area (TPSA) is 77.0 Å². The van der Waals surface area contributed by atoms with Crippen LogP contribution in [0.4, 0.5) is 5.69 Å². The van der Waals surface area contributed by atoms with Crippen molar-refractivity contribution < 1.29 is 19.2 Å². The van der Waals surface area contributed by atoms with E-state index in [1.54, 1.807) is 18.2 Å². The Hall–Kier alpha value is -2.57. The molecular weight excluding hydrogens is 403 g/mol. The summed E-state index contributed by atoms with van der Waals surface area (Å²) in [5.74, 6) is 0.488. The summed E-state index contributed by atoms with van der Waals surface area (Å²) in [4.78, 5) is 28.2. The molecule has 0 radical (unpaired) electrons. The zero-order valence-electron chi connectivity index (χ0n) is 14.6. The number of fused-ring (bicyclic) bond motifs is 2. The van der Waals surface area contributed by atoms with Crippen LogP contribution in [0.5, 0.6) is 11.5 Å². The van der Waals surface area contributed by atoms with Crippen molar-refractivity contribution in [1.82, 2.24) is 0 Å². The smallest absolute Gasteiger partial charge is 0.341 e. The molecule has 1 amide bonds. The number of ether oxygens (including phenoxy) is 1. The van der Waals surface area contributed by atoms with Gasteiger partial charge in [-0.3, -0.25) is 4.79 Å². The van der Waals surface area contributed by atoms with Gasteiger partial charge in [-0.05, 0) is 48.7 Å². The Kier molecular flexibility index (Phi) is 3.89. The normalized spacial score (nSPS) is 19.0. The van der Waals surface area contributed by atoms with Crippen LogP contribution in [0.15, 0.2) is 35.5 Å². The minimum absolute atomic E-state index is 0.0559. The predicted molar refractivity (Wildman–Crippen MR) is 104 cm³/mol. The second-order valence-electron chi connectivity index (χ2n) is 7.15. The van der Waals surface area contributed by atoms with E-state index in [0.29, 0.717) is 22.8 Å². The molecule has 28 heavy (non-hydrogen) atoms. The van der Waals surface area contributed by atoms with E-state index in [4.69, 9.17) is 27.9 Å². The van der Waals surface area contributed by atoms with Crippen molar-refractivity contribution in [3.8, 4) is 11.5 Å². The molecule has 3 aliphatic rings. The number of rotatable bonds is 3. The first-order valence-corrected chi connectivity index (χ1v) is 9.62. The molecule has 1 aliphatic carbocycles. The minimum Gasteiger partial charge on any atom is -0.454 e. The SMILES string of the molecule is O=C1CC(c2cc(Cl)c(Oc3ccc4c(c3)C3(CCC3)C(=O)N4)c(Cl)c2)=NO1. The molecule has 2 aromatic carbocycles. The molecule has 8 heteroatoms. The summed E-state index contributed by atoms with van der Waals surface area (Å²) in [5.41, 5.74) is 2.42. The van der Waals surface area contributed by atoms with E-state index in [-0.39, 0.29) is 22.4 Å². The number of hydrogen-bond acceptors (Lipinski definition) is 5. The molecule has 0 aromatic heterocycles. The Morgan fingerprint density at radius 2 is 1.86 bits per heavy atom. The summed E-state index contributed by atoms with van der Waals surface area (Å²) in [6, 6.07) is 8.75. The average Bonchev–Trinajstić information content (AvgIpc) is 3.17. The highest BCUT2D eigenvalue weighted by Crippen LogP contribution is 2.52. The summed E-state index contributed by atoms with van der Waals surface area (Å²) in [5, 5.41) is 7.26. The van der Waals surface area contributed by atoms with Gasteiger partial charge in [-0.25, -0.2) is 4.79 Å². The van der Waals surface area contributed by atoms with Crippen molar-refractivity contribution in [2.45, 2.75) is 31.1 Å². The molecule has 5 rings (SSSR count). The number of nitrogens with one attached hydrogen (secondary N) is 1. The van der Waals surface area contributed by atoms with Crippen LogP contribution in [0.25, 0.3) is 0 Å². The molecule has 1 fully saturated rings. The van der Waals surface area contributed by atoms with E-state index in [9.17, 15) is 9.59 Å². The fourth-order valence-electron chi connectivity index (χ4n) is 3.89. The molecule has 2 aliphatic heterocycles. The number of oxime groups is 1. The van der Waals surface area contributed by atoms with Crippen LogP contribution in [0.2, 0.25) is 10.0 Å². The zero-order valence-corrected chi connectivity index (χ0v) is 16.1. The minimum atomic E-state index is -0.431. The van der Waals surface area contributed by atoms with Crippen LogP contribution in [0.3, 0.4) is 0 Å². The van der Waals surface area contributed by atoms with Crippen molar-refractivity contribution in [2.24, 2.45) is 5.16 Å². The van der Waals surface area contributed by atoms with Gasteiger partial charge in [-0.15, -0.1) is 0 Å². The van der Waals surface area contributed by atoms with Gasteiger partial charge >= 0.3 is 5.97 Å². The van der Waals surface area contributed by atoms with E-state index in [0.717, 1.165) is 30.5 Å². The number of anilines is 1. The van der Waals surface area contributed by atoms with Crippen molar-refractivity contribution in [3.05, 3.63) is 51.5 Å². The van der Waals surface area contributed by atoms with Crippen LogP contribution in [0.1, 0.15) is 36.8 Å². The highest BCUT2D eigenvalue weighted by molar-refractivity contribution is 6.38. The third-order valence-electron chi connectivity index (χ3n) is 5.52. The number of carbonyl (C=O) groups is 2. The largest absolute Gasteiger partial charge is 0.454 e. The molecule has 1 saturated carbocycles. The molecule has 0 unspecified atom stereocenters. The van der Waals surface area contributed by atoms with Gasteiger partial charge in [0.15, 0.2) is 5.75 Å². The van der Waals surface area contributed by atoms with Crippen molar-refractivity contribution in [2.75, 3.05) is 5.32 Å². The third kappa shape index (κ3) is 2.59. The first kappa shape index (κ1) is 17.5. The van der Waals surface area contributed by atoms with Gasteiger partial charge in [-0.2, -0.15) is 0 Å². The summed E-state index contributed by atoms with van der Waals surface area (Å²) < 4.78 is 5.96. The second-order valence-corrected chi connectivity index (χ2v) is 7.96.